The van der Waals surface area contributed by atoms with Crippen LogP contribution in [0.15, 0.2) is 46.4 Å². The predicted octanol–water partition coefficient (Wildman–Crippen LogP) is 4.78. The second-order valence-electron chi connectivity index (χ2n) is 7.53. The Morgan fingerprint density at radius 1 is 1.24 bits per heavy atom. The Hall–Kier alpha value is -2.60. The minimum Gasteiger partial charge on any atom is -0.487 e. The summed E-state index contributed by atoms with van der Waals surface area (Å²) in [6.45, 7) is 4.48. The van der Waals surface area contributed by atoms with Crippen LogP contribution in [0.3, 0.4) is 0 Å². The number of rotatable bonds is 5. The fraction of sp³-hybridized carbons (Fsp3) is 0.348. The maximum absolute atomic E-state index is 12.3. The van der Waals surface area contributed by atoms with E-state index in [1.165, 1.54) is 24.6 Å². The van der Waals surface area contributed by atoms with Crippen LogP contribution in [-0.2, 0) is 11.4 Å². The standard InChI is InChI=1S/C23H25N3O2S/c1-15-11-17(12-16(2)21(15)28-14-19-9-5-6-10-24-19)13-20-22(27)26-23(29-20)25-18-7-3-4-8-18/h5-6,9-13,18H,3-4,7-8,14H2,1-2H3,(H,25,26,27)/b20-13+. The van der Waals surface area contributed by atoms with Crippen molar-refractivity contribution < 1.29 is 9.53 Å². The molecule has 2 fully saturated rings. The topological polar surface area (TPSA) is 63.6 Å². The number of hydrogen-bond acceptors (Lipinski definition) is 5. The maximum atomic E-state index is 12.3. The summed E-state index contributed by atoms with van der Waals surface area (Å²) >= 11 is 1.43. The van der Waals surface area contributed by atoms with E-state index in [9.17, 15) is 4.79 Å². The lowest BCUT2D eigenvalue weighted by atomic mass is 10.1. The molecule has 6 heteroatoms. The molecule has 4 rings (SSSR count). The molecule has 0 unspecified atom stereocenters. The molecule has 150 valence electrons. The van der Waals surface area contributed by atoms with Gasteiger partial charge in [-0.05, 0) is 85.5 Å². The van der Waals surface area contributed by atoms with Crippen molar-refractivity contribution in [1.82, 2.24) is 10.3 Å². The number of amides is 1. The van der Waals surface area contributed by atoms with Crippen molar-refractivity contribution in [2.75, 3.05) is 0 Å². The highest BCUT2D eigenvalue weighted by Gasteiger charge is 2.25. The number of nitrogens with zero attached hydrogens (tertiary/aromatic N) is 2. The van der Waals surface area contributed by atoms with E-state index in [0.29, 0.717) is 17.6 Å². The minimum absolute atomic E-state index is 0.0717. The molecular formula is C23H25N3O2S. The summed E-state index contributed by atoms with van der Waals surface area (Å²) in [6.07, 6.45) is 8.41. The smallest absolute Gasteiger partial charge is 0.264 e. The van der Waals surface area contributed by atoms with Crippen molar-refractivity contribution in [2.45, 2.75) is 52.2 Å². The Labute approximate surface area is 175 Å². The van der Waals surface area contributed by atoms with Crippen molar-refractivity contribution in [1.29, 1.82) is 0 Å². The molecule has 1 N–H and O–H groups in total. The van der Waals surface area contributed by atoms with Crippen LogP contribution in [0.1, 0.15) is 48.1 Å². The molecule has 1 saturated heterocycles. The van der Waals surface area contributed by atoms with E-state index in [0.717, 1.165) is 46.1 Å². The highest BCUT2D eigenvalue weighted by atomic mass is 32.2. The normalized spacial score (nSPS) is 19.9. The zero-order valence-electron chi connectivity index (χ0n) is 16.8. The van der Waals surface area contributed by atoms with Crippen molar-refractivity contribution >= 4 is 28.9 Å². The van der Waals surface area contributed by atoms with E-state index in [4.69, 9.17) is 9.73 Å². The zero-order valence-corrected chi connectivity index (χ0v) is 17.6. The summed E-state index contributed by atoms with van der Waals surface area (Å²) in [5, 5.41) is 3.64. The first-order valence-corrected chi connectivity index (χ1v) is 10.8. The van der Waals surface area contributed by atoms with Crippen molar-refractivity contribution in [3.8, 4) is 5.75 Å². The highest BCUT2D eigenvalue weighted by Crippen LogP contribution is 2.31. The van der Waals surface area contributed by atoms with E-state index in [1.807, 2.05) is 50.3 Å². The molecule has 1 saturated carbocycles. The van der Waals surface area contributed by atoms with E-state index < -0.39 is 0 Å². The first-order chi connectivity index (χ1) is 14.1. The number of nitrogens with one attached hydrogen (secondary N) is 1. The average Bonchev–Trinajstić information content (AvgIpc) is 3.32. The van der Waals surface area contributed by atoms with Gasteiger partial charge in [0.15, 0.2) is 5.17 Å². The number of aliphatic imine (C=N–C) groups is 1. The third kappa shape index (κ3) is 4.88. The average molecular weight is 408 g/mol. The van der Waals surface area contributed by atoms with Crippen molar-refractivity contribution in [3.05, 3.63) is 63.8 Å². The zero-order chi connectivity index (χ0) is 20.2. The van der Waals surface area contributed by atoms with Gasteiger partial charge in [-0.1, -0.05) is 18.9 Å². The van der Waals surface area contributed by atoms with Crippen molar-refractivity contribution in [2.24, 2.45) is 4.99 Å². The predicted molar refractivity (Wildman–Crippen MR) is 118 cm³/mol. The molecule has 2 aromatic rings. The van der Waals surface area contributed by atoms with Gasteiger partial charge in [0.2, 0.25) is 0 Å². The Kier molecular flexibility index (Phi) is 6.00. The molecule has 1 aliphatic carbocycles. The lowest BCUT2D eigenvalue weighted by molar-refractivity contribution is -0.115. The maximum Gasteiger partial charge on any atom is 0.264 e. The first kappa shape index (κ1) is 19.7. The molecule has 0 spiro atoms. The van der Waals surface area contributed by atoms with Gasteiger partial charge in [-0.25, -0.2) is 0 Å². The Balaban J connectivity index is 1.48. The molecule has 0 radical (unpaired) electrons. The lowest BCUT2D eigenvalue weighted by Crippen LogP contribution is -2.21. The van der Waals surface area contributed by atoms with E-state index in [-0.39, 0.29) is 5.91 Å². The Bertz CT molecular complexity index is 940. The number of ether oxygens (including phenoxy) is 1. The van der Waals surface area contributed by atoms with Crippen LogP contribution >= 0.6 is 11.8 Å². The van der Waals surface area contributed by atoms with Crippen LogP contribution in [-0.4, -0.2) is 22.1 Å². The van der Waals surface area contributed by atoms with Crippen LogP contribution in [0.4, 0.5) is 0 Å². The third-order valence-electron chi connectivity index (χ3n) is 5.15. The summed E-state index contributed by atoms with van der Waals surface area (Å²) in [5.74, 6) is 0.794. The largest absolute Gasteiger partial charge is 0.487 e. The molecule has 1 amide bonds. The van der Waals surface area contributed by atoms with Gasteiger partial charge >= 0.3 is 0 Å². The number of carbonyl (C=O) groups is 1. The summed E-state index contributed by atoms with van der Waals surface area (Å²) in [5.41, 5.74) is 3.96. The van der Waals surface area contributed by atoms with Gasteiger partial charge in [-0.2, -0.15) is 0 Å². The van der Waals surface area contributed by atoms with Gasteiger partial charge < -0.3 is 10.1 Å². The monoisotopic (exact) mass is 407 g/mol. The number of thioether (sulfide) groups is 1. The lowest BCUT2D eigenvalue weighted by Gasteiger charge is -2.13. The molecule has 1 aliphatic heterocycles. The van der Waals surface area contributed by atoms with Crippen LogP contribution in [0.5, 0.6) is 5.75 Å². The van der Waals surface area contributed by atoms with E-state index >= 15 is 0 Å². The number of carbonyl (C=O) groups excluding carboxylic acids is 1. The first-order valence-electron chi connectivity index (χ1n) is 10.0. The summed E-state index contributed by atoms with van der Waals surface area (Å²) < 4.78 is 6.00. The highest BCUT2D eigenvalue weighted by molar-refractivity contribution is 8.18. The molecule has 2 aliphatic rings. The fourth-order valence-corrected chi connectivity index (χ4v) is 4.66. The number of benzene rings is 1. The fourth-order valence-electron chi connectivity index (χ4n) is 3.76. The molecule has 1 aromatic carbocycles. The van der Waals surface area contributed by atoms with Crippen LogP contribution in [0.2, 0.25) is 0 Å². The molecule has 0 bridgehead atoms. The SMILES string of the molecule is Cc1cc(/C=C2/SC(=NC3CCCC3)NC2=O)cc(C)c1OCc1ccccn1. The van der Waals surface area contributed by atoms with Gasteiger partial charge in [0.25, 0.3) is 5.91 Å². The minimum atomic E-state index is -0.0717. The number of hydrogen-bond donors (Lipinski definition) is 1. The van der Waals surface area contributed by atoms with Gasteiger partial charge in [-0.15, -0.1) is 0 Å². The van der Waals surface area contributed by atoms with Crippen LogP contribution in [0.25, 0.3) is 6.08 Å². The molecular weight excluding hydrogens is 382 g/mol. The Morgan fingerprint density at radius 3 is 2.69 bits per heavy atom. The van der Waals surface area contributed by atoms with E-state index in [2.05, 4.69) is 10.3 Å². The van der Waals surface area contributed by atoms with Crippen LogP contribution in [0, 0.1) is 13.8 Å². The van der Waals surface area contributed by atoms with E-state index in [1.54, 1.807) is 6.20 Å². The van der Waals surface area contributed by atoms with Gasteiger partial charge in [0, 0.05) is 6.20 Å². The van der Waals surface area contributed by atoms with Crippen molar-refractivity contribution in [3.63, 3.8) is 0 Å². The molecule has 1 aromatic heterocycles. The quantitative estimate of drug-likeness (QED) is 0.725. The summed E-state index contributed by atoms with van der Waals surface area (Å²) in [4.78, 5) is 22.0. The molecule has 5 nitrogen and oxygen atoms in total. The number of amidine groups is 1. The number of aryl methyl sites for hydroxylation is 2. The summed E-state index contributed by atoms with van der Waals surface area (Å²) in [6, 6.07) is 10.3. The van der Waals surface area contributed by atoms with Gasteiger partial charge in [-0.3, -0.25) is 14.8 Å². The second kappa shape index (κ2) is 8.82. The molecule has 29 heavy (non-hydrogen) atoms. The molecule has 2 heterocycles. The summed E-state index contributed by atoms with van der Waals surface area (Å²) in [7, 11) is 0. The Morgan fingerprint density at radius 2 is 2.00 bits per heavy atom. The second-order valence-corrected chi connectivity index (χ2v) is 8.56. The molecule has 0 atom stereocenters. The number of pyridine rings is 1. The van der Waals surface area contributed by atoms with Gasteiger partial charge in [0.1, 0.15) is 12.4 Å². The van der Waals surface area contributed by atoms with Gasteiger partial charge in [0.05, 0.1) is 16.6 Å². The third-order valence-corrected chi connectivity index (χ3v) is 6.07. The van der Waals surface area contributed by atoms with Crippen LogP contribution < -0.4 is 10.1 Å². The number of aromatic nitrogens is 1.